The molecule has 0 saturated heterocycles. The zero-order valence-corrected chi connectivity index (χ0v) is 10.9. The highest BCUT2D eigenvalue weighted by molar-refractivity contribution is 8.00. The summed E-state index contributed by atoms with van der Waals surface area (Å²) < 4.78 is 0. The molecule has 0 aromatic rings. The Labute approximate surface area is 92.9 Å². The largest absolute Gasteiger partial charge is 0.392 e. The third-order valence-corrected chi connectivity index (χ3v) is 4.16. The molecule has 0 aliphatic rings. The van der Waals surface area contributed by atoms with Crippen LogP contribution in [0.4, 0.5) is 0 Å². The molecule has 0 spiro atoms. The highest BCUT2D eigenvalue weighted by atomic mass is 32.2. The lowest BCUT2D eigenvalue weighted by Crippen LogP contribution is -2.37. The number of hydrogen-bond donors (Lipinski definition) is 2. The van der Waals surface area contributed by atoms with Crippen LogP contribution in [0.15, 0.2) is 0 Å². The van der Waals surface area contributed by atoms with Crippen LogP contribution >= 0.6 is 11.8 Å². The van der Waals surface area contributed by atoms with Crippen LogP contribution in [0.1, 0.15) is 41.0 Å². The van der Waals surface area contributed by atoms with E-state index in [-0.39, 0.29) is 6.10 Å². The first-order valence-corrected chi connectivity index (χ1v) is 6.54. The molecule has 3 heteroatoms. The van der Waals surface area contributed by atoms with Crippen molar-refractivity contribution in [3.63, 3.8) is 0 Å². The molecule has 0 amide bonds. The second-order valence-electron chi connectivity index (χ2n) is 3.86. The van der Waals surface area contributed by atoms with Gasteiger partial charge in [-0.1, -0.05) is 27.7 Å². The summed E-state index contributed by atoms with van der Waals surface area (Å²) >= 11 is 1.87. The molecule has 14 heavy (non-hydrogen) atoms. The number of aliphatic hydroxyl groups excluding tert-OH is 1. The number of aliphatic hydroxyl groups is 1. The lowest BCUT2D eigenvalue weighted by molar-refractivity contribution is 0.196. The van der Waals surface area contributed by atoms with Crippen molar-refractivity contribution in [3.05, 3.63) is 0 Å². The van der Waals surface area contributed by atoms with Gasteiger partial charge in [-0.15, -0.1) is 0 Å². The second kappa shape index (κ2) is 7.55. The molecule has 0 fully saturated rings. The summed E-state index contributed by atoms with van der Waals surface area (Å²) in [4.78, 5) is 0. The van der Waals surface area contributed by atoms with Gasteiger partial charge in [-0.05, 0) is 19.9 Å². The SMILES string of the molecule is CCNC(CC)C(C)SC(C)C(C)O. The van der Waals surface area contributed by atoms with Gasteiger partial charge in [0.25, 0.3) is 0 Å². The highest BCUT2D eigenvalue weighted by Crippen LogP contribution is 2.23. The van der Waals surface area contributed by atoms with Crippen molar-refractivity contribution in [3.8, 4) is 0 Å². The van der Waals surface area contributed by atoms with Crippen LogP contribution in [0, 0.1) is 0 Å². The van der Waals surface area contributed by atoms with Gasteiger partial charge in [-0.25, -0.2) is 0 Å². The Bertz CT molecular complexity index is 141. The van der Waals surface area contributed by atoms with Crippen molar-refractivity contribution >= 4 is 11.8 Å². The minimum absolute atomic E-state index is 0.221. The molecule has 0 radical (unpaired) electrons. The van der Waals surface area contributed by atoms with Crippen LogP contribution in [0.3, 0.4) is 0 Å². The van der Waals surface area contributed by atoms with E-state index in [1.54, 1.807) is 0 Å². The van der Waals surface area contributed by atoms with Crippen LogP contribution in [0.5, 0.6) is 0 Å². The summed E-state index contributed by atoms with van der Waals surface area (Å²) in [5, 5.41) is 13.8. The first-order valence-electron chi connectivity index (χ1n) is 5.59. The van der Waals surface area contributed by atoms with Crippen molar-refractivity contribution in [2.24, 2.45) is 0 Å². The van der Waals surface area contributed by atoms with Crippen LogP contribution in [-0.4, -0.2) is 34.3 Å². The lowest BCUT2D eigenvalue weighted by Gasteiger charge is -2.26. The van der Waals surface area contributed by atoms with Gasteiger partial charge in [-0.2, -0.15) is 11.8 Å². The third-order valence-electron chi connectivity index (χ3n) is 2.58. The van der Waals surface area contributed by atoms with Gasteiger partial charge < -0.3 is 10.4 Å². The molecule has 86 valence electrons. The predicted octanol–water partition coefficient (Wildman–Crippen LogP) is 2.27. The third kappa shape index (κ3) is 5.23. The molecule has 0 rings (SSSR count). The molecule has 0 aliphatic heterocycles. The average molecular weight is 219 g/mol. The van der Waals surface area contributed by atoms with Gasteiger partial charge in [-0.3, -0.25) is 0 Å². The van der Waals surface area contributed by atoms with Crippen LogP contribution in [0.2, 0.25) is 0 Å². The fourth-order valence-electron chi connectivity index (χ4n) is 1.45. The molecule has 0 aromatic carbocycles. The number of rotatable bonds is 7. The molecule has 0 aromatic heterocycles. The molecular weight excluding hydrogens is 194 g/mol. The van der Waals surface area contributed by atoms with E-state index in [4.69, 9.17) is 0 Å². The van der Waals surface area contributed by atoms with Gasteiger partial charge in [0.2, 0.25) is 0 Å². The lowest BCUT2D eigenvalue weighted by atomic mass is 10.2. The maximum absolute atomic E-state index is 9.41. The van der Waals surface area contributed by atoms with Crippen molar-refractivity contribution in [2.45, 2.75) is 63.7 Å². The fraction of sp³-hybridized carbons (Fsp3) is 1.00. The second-order valence-corrected chi connectivity index (χ2v) is 5.62. The van der Waals surface area contributed by atoms with Gasteiger partial charge in [0.15, 0.2) is 0 Å². The van der Waals surface area contributed by atoms with E-state index < -0.39 is 0 Å². The molecule has 0 heterocycles. The standard InChI is InChI=1S/C11H25NOS/c1-6-11(12-7-2)10(5)14-9(4)8(3)13/h8-13H,6-7H2,1-5H3. The maximum Gasteiger partial charge on any atom is 0.0628 e. The molecule has 0 saturated carbocycles. The average Bonchev–Trinajstić information content (AvgIpc) is 2.13. The van der Waals surface area contributed by atoms with Crippen molar-refractivity contribution in [1.29, 1.82) is 0 Å². The van der Waals surface area contributed by atoms with E-state index >= 15 is 0 Å². The molecule has 2 nitrogen and oxygen atoms in total. The van der Waals surface area contributed by atoms with E-state index in [1.807, 2.05) is 18.7 Å². The van der Waals surface area contributed by atoms with E-state index in [0.29, 0.717) is 16.5 Å². The highest BCUT2D eigenvalue weighted by Gasteiger charge is 2.19. The first kappa shape index (κ1) is 14.3. The predicted molar refractivity (Wildman–Crippen MR) is 66.0 cm³/mol. The minimum atomic E-state index is -0.221. The summed E-state index contributed by atoms with van der Waals surface area (Å²) in [5.41, 5.74) is 0. The Hall–Kier alpha value is 0.270. The van der Waals surface area contributed by atoms with Crippen LogP contribution < -0.4 is 5.32 Å². The monoisotopic (exact) mass is 219 g/mol. The van der Waals surface area contributed by atoms with E-state index in [2.05, 4.69) is 33.0 Å². The summed E-state index contributed by atoms with van der Waals surface area (Å²) in [6, 6.07) is 0.561. The number of hydrogen-bond acceptors (Lipinski definition) is 3. The van der Waals surface area contributed by atoms with Crippen LogP contribution in [-0.2, 0) is 0 Å². The van der Waals surface area contributed by atoms with Crippen molar-refractivity contribution in [1.82, 2.24) is 5.32 Å². The summed E-state index contributed by atoms with van der Waals surface area (Å²) in [5.74, 6) is 0. The van der Waals surface area contributed by atoms with Crippen molar-refractivity contribution in [2.75, 3.05) is 6.54 Å². The van der Waals surface area contributed by atoms with Gasteiger partial charge in [0, 0.05) is 16.5 Å². The molecule has 4 atom stereocenters. The molecule has 0 aliphatic carbocycles. The van der Waals surface area contributed by atoms with Gasteiger partial charge >= 0.3 is 0 Å². The first-order chi connectivity index (χ1) is 6.52. The van der Waals surface area contributed by atoms with Crippen LogP contribution in [0.25, 0.3) is 0 Å². The van der Waals surface area contributed by atoms with Crippen molar-refractivity contribution < 1.29 is 5.11 Å². The van der Waals surface area contributed by atoms with E-state index in [9.17, 15) is 5.11 Å². The molecule has 4 unspecified atom stereocenters. The zero-order valence-electron chi connectivity index (χ0n) is 10.1. The smallest absolute Gasteiger partial charge is 0.0628 e. The fourth-order valence-corrected chi connectivity index (χ4v) is 2.83. The quantitative estimate of drug-likeness (QED) is 0.689. The zero-order chi connectivity index (χ0) is 11.1. The topological polar surface area (TPSA) is 32.3 Å². The molecule has 2 N–H and O–H groups in total. The molecular formula is C11H25NOS. The minimum Gasteiger partial charge on any atom is -0.392 e. The Morgan fingerprint density at radius 1 is 1.14 bits per heavy atom. The number of thioether (sulfide) groups is 1. The maximum atomic E-state index is 9.41. The number of nitrogens with one attached hydrogen (secondary N) is 1. The Morgan fingerprint density at radius 2 is 1.71 bits per heavy atom. The van der Waals surface area contributed by atoms with Gasteiger partial charge in [0.05, 0.1) is 6.10 Å². The Morgan fingerprint density at radius 3 is 2.07 bits per heavy atom. The Balaban J connectivity index is 3.96. The normalized spacial score (nSPS) is 20.1. The van der Waals surface area contributed by atoms with E-state index in [1.165, 1.54) is 0 Å². The summed E-state index contributed by atoms with van der Waals surface area (Å²) in [6.45, 7) is 11.5. The summed E-state index contributed by atoms with van der Waals surface area (Å²) in [7, 11) is 0. The van der Waals surface area contributed by atoms with E-state index in [0.717, 1.165) is 13.0 Å². The molecule has 0 bridgehead atoms. The Kier molecular flexibility index (Phi) is 7.69. The summed E-state index contributed by atoms with van der Waals surface area (Å²) in [6.07, 6.45) is 0.927. The van der Waals surface area contributed by atoms with Gasteiger partial charge in [0.1, 0.15) is 0 Å².